The highest BCUT2D eigenvalue weighted by Gasteiger charge is 2.44. The van der Waals surface area contributed by atoms with Gasteiger partial charge in [0, 0.05) is 4.90 Å². The van der Waals surface area contributed by atoms with Gasteiger partial charge in [-0.05, 0) is 73.4 Å². The van der Waals surface area contributed by atoms with Gasteiger partial charge in [0.05, 0.1) is 17.1 Å². The minimum Gasteiger partial charge on any atom is -0.385 e. The number of aliphatic hydroxyl groups is 1. The summed E-state index contributed by atoms with van der Waals surface area (Å²) in [6.07, 6.45) is 3.45. The van der Waals surface area contributed by atoms with E-state index in [9.17, 15) is 19.1 Å². The molecule has 1 fully saturated rings. The molecule has 2 aromatic carbocycles. The van der Waals surface area contributed by atoms with Gasteiger partial charge in [0.2, 0.25) is 0 Å². The van der Waals surface area contributed by atoms with Crippen molar-refractivity contribution in [2.75, 3.05) is 6.26 Å². The molecule has 1 N–H and O–H groups in total. The number of hydrogen-bond donors (Lipinski definition) is 1. The van der Waals surface area contributed by atoms with E-state index in [1.54, 1.807) is 12.1 Å². The van der Waals surface area contributed by atoms with Crippen LogP contribution in [0.25, 0.3) is 0 Å². The molecule has 0 spiro atoms. The molecule has 0 unspecified atom stereocenters. The van der Waals surface area contributed by atoms with Crippen LogP contribution >= 0.6 is 11.8 Å². The first-order valence-electron chi connectivity index (χ1n) is 8.16. The number of halogens is 2. The molecule has 0 aliphatic heterocycles. The van der Waals surface area contributed by atoms with Crippen LogP contribution in [0.1, 0.15) is 36.8 Å². The maximum Gasteiger partial charge on any atom is 0.124 e. The van der Waals surface area contributed by atoms with Crippen LogP contribution in [0.2, 0.25) is 0 Å². The summed E-state index contributed by atoms with van der Waals surface area (Å²) in [7, 11) is 0. The second-order valence-electron chi connectivity index (χ2n) is 6.61. The van der Waals surface area contributed by atoms with E-state index in [2.05, 4.69) is 6.07 Å². The highest BCUT2D eigenvalue weighted by atomic mass is 32.2. The lowest BCUT2D eigenvalue weighted by atomic mass is 9.64. The molecule has 25 heavy (non-hydrogen) atoms. The molecule has 0 amide bonds. The summed E-state index contributed by atoms with van der Waals surface area (Å²) < 4.78 is 27.0. The Morgan fingerprint density at radius 2 is 1.60 bits per heavy atom. The van der Waals surface area contributed by atoms with Gasteiger partial charge in [0.1, 0.15) is 11.6 Å². The fraction of sp³-hybridized carbons (Fsp3) is 0.350. The maximum absolute atomic E-state index is 13.8. The molecule has 3 rings (SSSR count). The Hall–Kier alpha value is -1.90. The first kappa shape index (κ1) is 17.9. The lowest BCUT2D eigenvalue weighted by molar-refractivity contribution is -0.0142. The molecule has 2 nitrogen and oxygen atoms in total. The highest BCUT2D eigenvalue weighted by Crippen LogP contribution is 2.47. The van der Waals surface area contributed by atoms with Gasteiger partial charge in [-0.1, -0.05) is 12.1 Å². The van der Waals surface area contributed by atoms with Crippen molar-refractivity contribution >= 4 is 11.8 Å². The van der Waals surface area contributed by atoms with Crippen molar-refractivity contribution in [3.63, 3.8) is 0 Å². The lowest BCUT2D eigenvalue weighted by Crippen LogP contribution is -2.39. The maximum atomic E-state index is 13.8. The number of nitriles is 1. The SMILES string of the molecule is CSc1cc(F)cc(C2(O)CCC(C#N)(c3ccc(F)cc3)CC2)c1. The van der Waals surface area contributed by atoms with Crippen molar-refractivity contribution in [2.45, 2.75) is 41.6 Å². The Kier molecular flexibility index (Phi) is 4.86. The van der Waals surface area contributed by atoms with Crippen molar-refractivity contribution < 1.29 is 13.9 Å². The van der Waals surface area contributed by atoms with Crippen LogP contribution in [0.5, 0.6) is 0 Å². The highest BCUT2D eigenvalue weighted by molar-refractivity contribution is 7.98. The molecule has 0 atom stereocenters. The lowest BCUT2D eigenvalue weighted by Gasteiger charge is -2.41. The average molecular weight is 359 g/mol. The van der Waals surface area contributed by atoms with Crippen LogP contribution in [0.4, 0.5) is 8.78 Å². The van der Waals surface area contributed by atoms with E-state index in [0.717, 1.165) is 10.5 Å². The first-order valence-corrected chi connectivity index (χ1v) is 9.38. The van der Waals surface area contributed by atoms with E-state index in [1.165, 1.54) is 36.0 Å². The summed E-state index contributed by atoms with van der Waals surface area (Å²) in [6, 6.07) is 13.0. The minimum atomic E-state index is -1.15. The molecule has 1 aliphatic rings. The van der Waals surface area contributed by atoms with Crippen LogP contribution in [-0.2, 0) is 11.0 Å². The Morgan fingerprint density at radius 3 is 2.16 bits per heavy atom. The molecule has 1 saturated carbocycles. The van der Waals surface area contributed by atoms with Crippen molar-refractivity contribution in [1.82, 2.24) is 0 Å². The van der Waals surface area contributed by atoms with Crippen LogP contribution in [0, 0.1) is 23.0 Å². The molecule has 0 radical (unpaired) electrons. The van der Waals surface area contributed by atoms with Gasteiger partial charge in [0.15, 0.2) is 0 Å². The zero-order valence-corrected chi connectivity index (χ0v) is 14.7. The third-order valence-corrected chi connectivity index (χ3v) is 5.89. The Balaban J connectivity index is 1.88. The van der Waals surface area contributed by atoms with Gasteiger partial charge in [0.25, 0.3) is 0 Å². The third-order valence-electron chi connectivity index (χ3n) is 5.19. The van der Waals surface area contributed by atoms with Gasteiger partial charge >= 0.3 is 0 Å². The van der Waals surface area contributed by atoms with Gasteiger partial charge < -0.3 is 5.11 Å². The molecule has 0 bridgehead atoms. The summed E-state index contributed by atoms with van der Waals surface area (Å²) in [4.78, 5) is 0.763. The number of nitrogens with zero attached hydrogens (tertiary/aromatic N) is 1. The van der Waals surface area contributed by atoms with E-state index in [-0.39, 0.29) is 11.6 Å². The molecule has 0 heterocycles. The van der Waals surface area contributed by atoms with E-state index in [0.29, 0.717) is 31.2 Å². The van der Waals surface area contributed by atoms with Crippen molar-refractivity contribution in [3.8, 4) is 6.07 Å². The van der Waals surface area contributed by atoms with Gasteiger partial charge in [-0.15, -0.1) is 11.8 Å². The van der Waals surface area contributed by atoms with Gasteiger partial charge in [-0.3, -0.25) is 0 Å². The summed E-state index contributed by atoms with van der Waals surface area (Å²) in [5.74, 6) is -0.709. The van der Waals surface area contributed by atoms with E-state index < -0.39 is 11.0 Å². The monoisotopic (exact) mass is 359 g/mol. The smallest absolute Gasteiger partial charge is 0.124 e. The fourth-order valence-corrected chi connectivity index (χ4v) is 4.04. The van der Waals surface area contributed by atoms with Crippen molar-refractivity contribution in [2.24, 2.45) is 0 Å². The molecular weight excluding hydrogens is 340 g/mol. The van der Waals surface area contributed by atoms with Crippen molar-refractivity contribution in [1.29, 1.82) is 5.26 Å². The molecule has 1 aliphatic carbocycles. The fourth-order valence-electron chi connectivity index (χ4n) is 3.56. The second kappa shape index (κ2) is 6.78. The van der Waals surface area contributed by atoms with Crippen LogP contribution in [-0.4, -0.2) is 11.4 Å². The Labute approximate surface area is 150 Å². The summed E-state index contributed by atoms with van der Waals surface area (Å²) in [5, 5.41) is 20.8. The molecule has 2 aromatic rings. The Bertz CT molecular complexity index is 805. The van der Waals surface area contributed by atoms with Crippen LogP contribution in [0.3, 0.4) is 0 Å². The van der Waals surface area contributed by atoms with Gasteiger partial charge in [-0.25, -0.2) is 8.78 Å². The van der Waals surface area contributed by atoms with E-state index in [4.69, 9.17) is 0 Å². The average Bonchev–Trinajstić information content (AvgIpc) is 2.63. The number of benzene rings is 2. The Morgan fingerprint density at radius 1 is 0.960 bits per heavy atom. The quantitative estimate of drug-likeness (QED) is 0.792. The molecule has 0 aromatic heterocycles. The molecular formula is C20H19F2NOS. The number of thioether (sulfide) groups is 1. The minimum absolute atomic E-state index is 0.339. The molecule has 130 valence electrons. The molecule has 5 heteroatoms. The predicted octanol–water partition coefficient (Wildman–Crippen LogP) is 4.91. The number of hydrogen-bond acceptors (Lipinski definition) is 3. The number of rotatable bonds is 3. The van der Waals surface area contributed by atoms with E-state index in [1.807, 2.05) is 12.3 Å². The second-order valence-corrected chi connectivity index (χ2v) is 7.49. The summed E-state index contributed by atoms with van der Waals surface area (Å²) in [6.45, 7) is 0. The van der Waals surface area contributed by atoms with Crippen LogP contribution in [0.15, 0.2) is 47.4 Å². The first-order chi connectivity index (χ1) is 11.9. The standard InChI is InChI=1S/C20H19F2NOS/c1-25-18-11-15(10-17(22)12-18)20(24)8-6-19(13-23,7-9-20)14-2-4-16(21)5-3-14/h2-5,10-12,24H,6-9H2,1H3. The van der Waals surface area contributed by atoms with E-state index >= 15 is 0 Å². The predicted molar refractivity (Wildman–Crippen MR) is 94.2 cm³/mol. The van der Waals surface area contributed by atoms with Crippen molar-refractivity contribution in [3.05, 3.63) is 65.2 Å². The normalized spacial score (nSPS) is 26.2. The molecule has 0 saturated heterocycles. The zero-order valence-electron chi connectivity index (χ0n) is 13.9. The largest absolute Gasteiger partial charge is 0.385 e. The zero-order chi connectivity index (χ0) is 18.1. The summed E-state index contributed by atoms with van der Waals surface area (Å²) in [5.41, 5.74) is -0.562. The summed E-state index contributed by atoms with van der Waals surface area (Å²) >= 11 is 1.42. The van der Waals surface area contributed by atoms with Crippen LogP contribution < -0.4 is 0 Å². The van der Waals surface area contributed by atoms with Gasteiger partial charge in [-0.2, -0.15) is 5.26 Å². The third kappa shape index (κ3) is 3.42. The topological polar surface area (TPSA) is 44.0 Å².